The molecule has 126 valence electrons. The number of ether oxygens (including phenoxy) is 2. The minimum atomic E-state index is -4.98. The topological polar surface area (TPSA) is 55.8 Å². The van der Waals surface area contributed by atoms with E-state index >= 15 is 0 Å². The molecule has 0 aliphatic carbocycles. The summed E-state index contributed by atoms with van der Waals surface area (Å²) in [6.07, 6.45) is -3.91. The molecule has 0 aromatic carbocycles. The third-order valence-corrected chi connectivity index (χ3v) is 3.19. The standard InChI is InChI=1S/C14H20F3NO4/c1-12(2,3)22-11(20)18-9-7-5-6-8-13(18,10(19)21-4)14(15,16)17/h5,7H,6,8-9H2,1-4H3. The number of rotatable bonds is 1. The van der Waals surface area contributed by atoms with Crippen molar-refractivity contribution in [2.45, 2.75) is 50.9 Å². The monoisotopic (exact) mass is 323 g/mol. The van der Waals surface area contributed by atoms with Crippen molar-refractivity contribution in [1.29, 1.82) is 0 Å². The van der Waals surface area contributed by atoms with Crippen LogP contribution in [0.4, 0.5) is 18.0 Å². The Labute approximate surface area is 127 Å². The molecule has 0 bridgehead atoms. The summed E-state index contributed by atoms with van der Waals surface area (Å²) in [6.45, 7) is 4.22. The first kappa shape index (κ1) is 18.3. The van der Waals surface area contributed by atoms with Crippen molar-refractivity contribution in [1.82, 2.24) is 4.90 Å². The van der Waals surface area contributed by atoms with Gasteiger partial charge in [-0.2, -0.15) is 13.2 Å². The Morgan fingerprint density at radius 1 is 1.18 bits per heavy atom. The van der Waals surface area contributed by atoms with Gasteiger partial charge in [0, 0.05) is 6.54 Å². The van der Waals surface area contributed by atoms with Crippen molar-refractivity contribution in [3.63, 3.8) is 0 Å². The molecule has 0 saturated heterocycles. The molecular weight excluding hydrogens is 303 g/mol. The molecule has 0 radical (unpaired) electrons. The minimum absolute atomic E-state index is 0.00604. The van der Waals surface area contributed by atoms with Crippen molar-refractivity contribution < 1.29 is 32.2 Å². The highest BCUT2D eigenvalue weighted by molar-refractivity contribution is 5.87. The zero-order valence-corrected chi connectivity index (χ0v) is 13.0. The number of nitrogens with zero attached hydrogens (tertiary/aromatic N) is 1. The number of hydrogen-bond donors (Lipinski definition) is 0. The maximum Gasteiger partial charge on any atom is 0.422 e. The van der Waals surface area contributed by atoms with Crippen LogP contribution in [-0.2, 0) is 14.3 Å². The molecule has 8 heteroatoms. The van der Waals surface area contributed by atoms with Crippen LogP contribution in [0.5, 0.6) is 0 Å². The summed E-state index contributed by atoms with van der Waals surface area (Å²) in [5, 5.41) is 0. The van der Waals surface area contributed by atoms with Crippen LogP contribution in [-0.4, -0.2) is 47.9 Å². The molecule has 1 rings (SSSR count). The second-order valence-corrected chi connectivity index (χ2v) is 5.95. The van der Waals surface area contributed by atoms with E-state index in [1.807, 2.05) is 0 Å². The van der Waals surface area contributed by atoms with Crippen LogP contribution in [0.15, 0.2) is 12.2 Å². The number of halogens is 3. The first-order valence-electron chi connectivity index (χ1n) is 6.76. The van der Waals surface area contributed by atoms with Crippen molar-refractivity contribution in [2.75, 3.05) is 13.7 Å². The molecule has 1 aliphatic rings. The highest BCUT2D eigenvalue weighted by atomic mass is 19.4. The lowest BCUT2D eigenvalue weighted by atomic mass is 9.91. The fourth-order valence-electron chi connectivity index (χ4n) is 2.22. The van der Waals surface area contributed by atoms with Gasteiger partial charge in [-0.3, -0.25) is 4.90 Å². The SMILES string of the molecule is COC(=O)C1(C(F)(F)F)CCC=CCN1C(=O)OC(C)(C)C. The van der Waals surface area contributed by atoms with E-state index in [1.54, 1.807) is 0 Å². The van der Waals surface area contributed by atoms with E-state index in [0.717, 1.165) is 7.11 Å². The Kier molecular flexibility index (Phi) is 5.14. The maximum absolute atomic E-state index is 13.7. The number of hydrogen-bond acceptors (Lipinski definition) is 4. The van der Waals surface area contributed by atoms with E-state index in [0.29, 0.717) is 4.90 Å². The quantitative estimate of drug-likeness (QED) is 0.550. The molecule has 1 atom stereocenters. The van der Waals surface area contributed by atoms with Crippen LogP contribution in [0.3, 0.4) is 0 Å². The first-order valence-corrected chi connectivity index (χ1v) is 6.76. The van der Waals surface area contributed by atoms with Gasteiger partial charge in [-0.15, -0.1) is 0 Å². The lowest BCUT2D eigenvalue weighted by Gasteiger charge is -2.41. The molecule has 0 aromatic rings. The van der Waals surface area contributed by atoms with E-state index in [4.69, 9.17) is 4.74 Å². The van der Waals surface area contributed by atoms with Gasteiger partial charge in [-0.05, 0) is 33.6 Å². The highest BCUT2D eigenvalue weighted by Gasteiger charge is 2.66. The van der Waals surface area contributed by atoms with Gasteiger partial charge in [-0.1, -0.05) is 12.2 Å². The smallest absolute Gasteiger partial charge is 0.422 e. The molecular formula is C14H20F3NO4. The predicted octanol–water partition coefficient (Wildman–Crippen LogP) is 3.05. The molecule has 0 saturated carbocycles. The van der Waals surface area contributed by atoms with Gasteiger partial charge in [0.2, 0.25) is 5.54 Å². The molecule has 1 amide bonds. The van der Waals surface area contributed by atoms with Crippen LogP contribution >= 0.6 is 0 Å². The lowest BCUT2D eigenvalue weighted by Crippen LogP contribution is -2.66. The fraction of sp³-hybridized carbons (Fsp3) is 0.714. The predicted molar refractivity (Wildman–Crippen MR) is 72.1 cm³/mol. The van der Waals surface area contributed by atoms with Crippen LogP contribution < -0.4 is 0 Å². The zero-order valence-electron chi connectivity index (χ0n) is 13.0. The average Bonchev–Trinajstić information content (AvgIpc) is 2.58. The van der Waals surface area contributed by atoms with Crippen LogP contribution in [0.2, 0.25) is 0 Å². The van der Waals surface area contributed by atoms with Crippen molar-refractivity contribution in [3.05, 3.63) is 12.2 Å². The van der Waals surface area contributed by atoms with E-state index in [1.165, 1.54) is 32.9 Å². The minimum Gasteiger partial charge on any atom is -0.467 e. The zero-order chi connectivity index (χ0) is 17.2. The van der Waals surface area contributed by atoms with E-state index in [-0.39, 0.29) is 13.0 Å². The Bertz CT molecular complexity index is 468. The molecule has 0 N–H and O–H groups in total. The van der Waals surface area contributed by atoms with Gasteiger partial charge in [0.1, 0.15) is 5.60 Å². The number of methoxy groups -OCH3 is 1. The summed E-state index contributed by atoms with van der Waals surface area (Å²) < 4.78 is 50.4. The lowest BCUT2D eigenvalue weighted by molar-refractivity contribution is -0.235. The Balaban J connectivity index is 3.34. The molecule has 0 fully saturated rings. The Hall–Kier alpha value is -1.73. The van der Waals surface area contributed by atoms with Gasteiger partial charge in [0.15, 0.2) is 0 Å². The van der Waals surface area contributed by atoms with Gasteiger partial charge in [0.05, 0.1) is 7.11 Å². The Morgan fingerprint density at radius 3 is 2.23 bits per heavy atom. The number of allylic oxidation sites excluding steroid dienone is 1. The van der Waals surface area contributed by atoms with E-state index in [9.17, 15) is 22.8 Å². The molecule has 22 heavy (non-hydrogen) atoms. The maximum atomic E-state index is 13.7. The third kappa shape index (κ3) is 3.53. The third-order valence-electron chi connectivity index (χ3n) is 3.19. The number of amides is 1. The molecule has 1 heterocycles. The summed E-state index contributed by atoms with van der Waals surface area (Å²) in [5.74, 6) is -1.52. The fourth-order valence-corrected chi connectivity index (χ4v) is 2.22. The summed E-state index contributed by atoms with van der Waals surface area (Å²) >= 11 is 0. The van der Waals surface area contributed by atoms with Crippen molar-refractivity contribution in [3.8, 4) is 0 Å². The van der Waals surface area contributed by atoms with E-state index in [2.05, 4.69) is 4.74 Å². The normalized spacial score (nSPS) is 23.0. The highest BCUT2D eigenvalue weighted by Crippen LogP contribution is 2.42. The molecule has 1 aliphatic heterocycles. The van der Waals surface area contributed by atoms with Gasteiger partial charge < -0.3 is 9.47 Å². The summed E-state index contributed by atoms with van der Waals surface area (Å²) in [5.41, 5.74) is -4.03. The second kappa shape index (κ2) is 6.18. The van der Waals surface area contributed by atoms with Crippen LogP contribution in [0, 0.1) is 0 Å². The second-order valence-electron chi connectivity index (χ2n) is 5.95. The summed E-state index contributed by atoms with van der Waals surface area (Å²) in [7, 11) is 0.863. The molecule has 0 aromatic heterocycles. The molecule has 1 unspecified atom stereocenters. The number of esters is 1. The number of carbonyl (C=O) groups is 2. The van der Waals surface area contributed by atoms with Crippen LogP contribution in [0.25, 0.3) is 0 Å². The van der Waals surface area contributed by atoms with Crippen molar-refractivity contribution in [2.24, 2.45) is 0 Å². The summed E-state index contributed by atoms with van der Waals surface area (Å²) in [4.78, 5) is 24.6. The van der Waals surface area contributed by atoms with Gasteiger partial charge >= 0.3 is 18.2 Å². The van der Waals surface area contributed by atoms with Gasteiger partial charge in [0.25, 0.3) is 0 Å². The van der Waals surface area contributed by atoms with Gasteiger partial charge in [-0.25, -0.2) is 9.59 Å². The Morgan fingerprint density at radius 2 is 1.77 bits per heavy atom. The number of alkyl halides is 3. The summed E-state index contributed by atoms with van der Waals surface area (Å²) in [6, 6.07) is 0. The first-order chi connectivity index (χ1) is 9.95. The number of carbonyl (C=O) groups excluding carboxylic acids is 2. The van der Waals surface area contributed by atoms with E-state index < -0.39 is 35.8 Å². The molecule has 0 spiro atoms. The van der Waals surface area contributed by atoms with Crippen molar-refractivity contribution >= 4 is 12.1 Å². The van der Waals surface area contributed by atoms with Crippen LogP contribution in [0.1, 0.15) is 33.6 Å². The molecule has 5 nitrogen and oxygen atoms in total. The average molecular weight is 323 g/mol. The largest absolute Gasteiger partial charge is 0.467 e.